The minimum atomic E-state index is -0.458. The predicted molar refractivity (Wildman–Crippen MR) is 125 cm³/mol. The van der Waals surface area contributed by atoms with Gasteiger partial charge in [0.25, 0.3) is 5.56 Å². The molecule has 1 saturated heterocycles. The number of likely N-dealkylation sites (tertiary alicyclic amines) is 1. The Labute approximate surface area is 192 Å². The van der Waals surface area contributed by atoms with Crippen LogP contribution in [0.3, 0.4) is 0 Å². The van der Waals surface area contributed by atoms with Crippen molar-refractivity contribution in [2.45, 2.75) is 31.6 Å². The first-order chi connectivity index (χ1) is 16.0. The van der Waals surface area contributed by atoms with E-state index >= 15 is 0 Å². The fourth-order valence-corrected chi connectivity index (χ4v) is 5.65. The van der Waals surface area contributed by atoms with E-state index in [1.165, 1.54) is 0 Å². The molecule has 4 heterocycles. The number of benzene rings is 1. The summed E-state index contributed by atoms with van der Waals surface area (Å²) in [5.74, 6) is -0.362. The molecule has 1 amide bonds. The highest BCUT2D eigenvalue weighted by molar-refractivity contribution is 5.83. The van der Waals surface area contributed by atoms with E-state index in [2.05, 4.69) is 10.3 Å². The number of carbonyl (C=O) groups excluding carboxylic acids is 1. The third kappa shape index (κ3) is 3.57. The number of carbonyl (C=O) groups is 1. The number of likely N-dealkylation sites (N-methyl/N-ethyl adjacent to an activating group) is 1. The van der Waals surface area contributed by atoms with Crippen molar-refractivity contribution >= 4 is 5.91 Å². The Morgan fingerprint density at radius 3 is 2.58 bits per heavy atom. The molecule has 5 rings (SSSR count). The van der Waals surface area contributed by atoms with E-state index < -0.39 is 6.04 Å². The van der Waals surface area contributed by atoms with Gasteiger partial charge in [-0.2, -0.15) is 0 Å². The quantitative estimate of drug-likeness (QED) is 0.631. The van der Waals surface area contributed by atoms with Gasteiger partial charge in [-0.25, -0.2) is 0 Å². The topological polar surface area (TPSA) is 87.5 Å². The monoisotopic (exact) mass is 444 g/mol. The predicted octanol–water partition coefficient (Wildman–Crippen LogP) is 2.38. The number of nitrogens with zero attached hydrogens (tertiary/aromatic N) is 3. The van der Waals surface area contributed by atoms with Crippen LogP contribution in [0.15, 0.2) is 71.8 Å². The molecule has 2 aliphatic heterocycles. The normalized spacial score (nSPS) is 24.8. The fourth-order valence-electron chi connectivity index (χ4n) is 5.65. The van der Waals surface area contributed by atoms with Crippen LogP contribution >= 0.6 is 0 Å². The van der Waals surface area contributed by atoms with E-state index in [1.54, 1.807) is 12.4 Å². The van der Waals surface area contributed by atoms with Gasteiger partial charge in [-0.3, -0.25) is 19.5 Å². The zero-order valence-electron chi connectivity index (χ0n) is 18.8. The van der Waals surface area contributed by atoms with Gasteiger partial charge in [-0.05, 0) is 49.4 Å². The molecule has 33 heavy (non-hydrogen) atoms. The van der Waals surface area contributed by atoms with E-state index in [0.717, 1.165) is 16.8 Å². The van der Waals surface area contributed by atoms with Gasteiger partial charge in [0.1, 0.15) is 0 Å². The van der Waals surface area contributed by atoms with Crippen LogP contribution in [0.2, 0.25) is 0 Å². The lowest BCUT2D eigenvalue weighted by atomic mass is 9.88. The summed E-state index contributed by atoms with van der Waals surface area (Å²) in [5.41, 5.74) is 3.36. The van der Waals surface area contributed by atoms with Crippen LogP contribution in [0.25, 0.3) is 11.1 Å². The largest absolute Gasteiger partial charge is 0.396 e. The first-order valence-electron chi connectivity index (χ1n) is 11.3. The van der Waals surface area contributed by atoms with Crippen molar-refractivity contribution in [3.05, 3.63) is 88.6 Å². The Morgan fingerprint density at radius 1 is 1.15 bits per heavy atom. The molecular weight excluding hydrogens is 416 g/mol. The van der Waals surface area contributed by atoms with Crippen molar-refractivity contribution in [1.82, 2.24) is 19.8 Å². The lowest BCUT2D eigenvalue weighted by molar-refractivity contribution is -0.127. The van der Waals surface area contributed by atoms with E-state index in [1.807, 2.05) is 78.0 Å². The number of hydrogen-bond acceptors (Lipinski definition) is 5. The number of fused-ring (bicyclic) bond motifs is 3. The number of aromatic nitrogens is 2. The molecule has 5 atom stereocenters. The second-order valence-electron chi connectivity index (χ2n) is 9.03. The lowest BCUT2D eigenvalue weighted by Crippen LogP contribution is -2.47. The summed E-state index contributed by atoms with van der Waals surface area (Å²) in [6.07, 6.45) is 3.35. The Balaban J connectivity index is 1.43. The van der Waals surface area contributed by atoms with E-state index in [4.69, 9.17) is 0 Å². The van der Waals surface area contributed by atoms with Gasteiger partial charge in [0.15, 0.2) is 0 Å². The van der Waals surface area contributed by atoms with Crippen LogP contribution in [0.4, 0.5) is 0 Å². The fraction of sp³-hybridized carbons (Fsp3) is 0.346. The molecule has 170 valence electrons. The summed E-state index contributed by atoms with van der Waals surface area (Å²) in [6.45, 7) is 2.35. The number of rotatable bonds is 5. The molecule has 0 radical (unpaired) electrons. The van der Waals surface area contributed by atoms with Crippen molar-refractivity contribution in [1.29, 1.82) is 0 Å². The molecule has 7 nitrogen and oxygen atoms in total. The minimum absolute atomic E-state index is 0.0110. The van der Waals surface area contributed by atoms with Crippen molar-refractivity contribution in [3.8, 4) is 11.1 Å². The van der Waals surface area contributed by atoms with Crippen LogP contribution in [-0.4, -0.2) is 45.2 Å². The van der Waals surface area contributed by atoms with Gasteiger partial charge in [-0.15, -0.1) is 0 Å². The second kappa shape index (κ2) is 8.57. The molecule has 7 heteroatoms. The molecule has 2 N–H and O–H groups in total. The van der Waals surface area contributed by atoms with E-state index in [0.29, 0.717) is 12.1 Å². The molecule has 0 spiro atoms. The summed E-state index contributed by atoms with van der Waals surface area (Å²) in [5, 5.41) is 13.4. The SMILES string of the molecule is C[C@H](NC(=O)[C@@H]1[C@@H](CO)[C@@H]2Cn3c(ccc(-c4ccncc4)c3=O)[C@@H]2N1C)c1ccccc1. The molecule has 0 bridgehead atoms. The average Bonchev–Trinajstić information content (AvgIpc) is 3.35. The highest BCUT2D eigenvalue weighted by atomic mass is 16.3. The number of pyridine rings is 2. The van der Waals surface area contributed by atoms with Gasteiger partial charge in [0.05, 0.1) is 18.1 Å². The molecule has 0 saturated carbocycles. The number of amides is 1. The molecule has 3 aromatic rings. The van der Waals surface area contributed by atoms with Gasteiger partial charge in [0, 0.05) is 48.6 Å². The summed E-state index contributed by atoms with van der Waals surface area (Å²) in [6, 6.07) is 16.7. The molecule has 1 aromatic carbocycles. The molecule has 1 fully saturated rings. The van der Waals surface area contributed by atoms with Crippen molar-refractivity contribution in [2.24, 2.45) is 11.8 Å². The maximum Gasteiger partial charge on any atom is 0.258 e. The minimum Gasteiger partial charge on any atom is -0.396 e. The zero-order valence-corrected chi connectivity index (χ0v) is 18.8. The summed E-state index contributed by atoms with van der Waals surface area (Å²) in [7, 11) is 1.92. The molecular formula is C26H28N4O3. The third-order valence-corrected chi connectivity index (χ3v) is 7.27. The van der Waals surface area contributed by atoms with Crippen LogP contribution in [0.5, 0.6) is 0 Å². The van der Waals surface area contributed by atoms with Crippen LogP contribution in [0.1, 0.15) is 30.3 Å². The van der Waals surface area contributed by atoms with Crippen molar-refractivity contribution in [3.63, 3.8) is 0 Å². The number of nitrogens with one attached hydrogen (secondary N) is 1. The second-order valence-corrected chi connectivity index (χ2v) is 9.03. The maximum absolute atomic E-state index is 13.3. The maximum atomic E-state index is 13.3. The Morgan fingerprint density at radius 2 is 1.88 bits per heavy atom. The van der Waals surface area contributed by atoms with Gasteiger partial charge in [0.2, 0.25) is 5.91 Å². The Bertz CT molecular complexity index is 1210. The zero-order chi connectivity index (χ0) is 23.1. The number of hydrogen-bond donors (Lipinski definition) is 2. The van der Waals surface area contributed by atoms with E-state index in [9.17, 15) is 14.7 Å². The summed E-state index contributed by atoms with van der Waals surface area (Å²) >= 11 is 0. The number of aliphatic hydroxyl groups is 1. The first kappa shape index (κ1) is 21.6. The Hall–Kier alpha value is -3.29. The smallest absolute Gasteiger partial charge is 0.258 e. The van der Waals surface area contributed by atoms with Crippen LogP contribution in [-0.2, 0) is 11.3 Å². The highest BCUT2D eigenvalue weighted by Gasteiger charge is 2.54. The Kier molecular flexibility index (Phi) is 5.60. The molecule has 2 aliphatic rings. The first-order valence-corrected chi connectivity index (χ1v) is 11.3. The average molecular weight is 445 g/mol. The third-order valence-electron chi connectivity index (χ3n) is 7.27. The molecule has 2 aromatic heterocycles. The van der Waals surface area contributed by atoms with Crippen LogP contribution < -0.4 is 10.9 Å². The van der Waals surface area contributed by atoms with Gasteiger partial charge < -0.3 is 15.0 Å². The summed E-state index contributed by atoms with van der Waals surface area (Å²) in [4.78, 5) is 32.7. The van der Waals surface area contributed by atoms with E-state index in [-0.39, 0.29) is 42.0 Å². The standard InChI is InChI=1S/C26H28N4O3/c1-16(17-6-4-3-5-7-17)28-25(32)24-21(15-31)20-14-30-22(23(20)29(24)2)9-8-19(26(30)33)18-10-12-27-13-11-18/h3-13,16,20-21,23-24,31H,14-15H2,1-2H3,(H,28,32)/t16-,20-,21-,23+,24-/m0/s1. The lowest BCUT2D eigenvalue weighted by Gasteiger charge is -2.28. The molecule has 0 unspecified atom stereocenters. The number of aliphatic hydroxyl groups excluding tert-OH is 1. The van der Waals surface area contributed by atoms with Crippen molar-refractivity contribution < 1.29 is 9.90 Å². The summed E-state index contributed by atoms with van der Waals surface area (Å²) < 4.78 is 1.81. The van der Waals surface area contributed by atoms with Gasteiger partial charge in [-0.1, -0.05) is 30.3 Å². The molecule has 0 aliphatic carbocycles. The van der Waals surface area contributed by atoms with Gasteiger partial charge >= 0.3 is 0 Å². The van der Waals surface area contributed by atoms with Crippen molar-refractivity contribution in [2.75, 3.05) is 13.7 Å². The highest BCUT2D eigenvalue weighted by Crippen LogP contribution is 2.48. The van der Waals surface area contributed by atoms with Crippen LogP contribution in [0, 0.1) is 11.8 Å².